The summed E-state index contributed by atoms with van der Waals surface area (Å²) in [5.74, 6) is -4.17. The maximum Gasteiger partial charge on any atom is 0.573 e. The first-order valence-electron chi connectivity index (χ1n) is 3.51. The van der Waals surface area contributed by atoms with E-state index in [1.165, 1.54) is 6.92 Å². The first-order chi connectivity index (χ1) is 6.29. The van der Waals surface area contributed by atoms with Crippen molar-refractivity contribution in [2.24, 2.45) is 0 Å². The molecule has 0 saturated heterocycles. The molecular formula is C8H5F5O. The second kappa shape index (κ2) is 3.43. The van der Waals surface area contributed by atoms with Crippen LogP contribution in [0.2, 0.25) is 0 Å². The van der Waals surface area contributed by atoms with Gasteiger partial charge in [-0.25, -0.2) is 4.39 Å². The highest BCUT2D eigenvalue weighted by molar-refractivity contribution is 5.30. The summed E-state index contributed by atoms with van der Waals surface area (Å²) in [4.78, 5) is 0. The molecule has 0 atom stereocenters. The third-order valence-corrected chi connectivity index (χ3v) is 1.36. The highest BCUT2D eigenvalue weighted by Gasteiger charge is 2.33. The summed E-state index contributed by atoms with van der Waals surface area (Å²) in [7, 11) is 0. The van der Waals surface area contributed by atoms with Gasteiger partial charge in [0.2, 0.25) is 5.82 Å². The van der Waals surface area contributed by atoms with Gasteiger partial charge in [-0.3, -0.25) is 0 Å². The highest BCUT2D eigenvalue weighted by atomic mass is 19.4. The zero-order valence-corrected chi connectivity index (χ0v) is 6.95. The molecule has 14 heavy (non-hydrogen) atoms. The van der Waals surface area contributed by atoms with Gasteiger partial charge in [-0.2, -0.15) is 4.39 Å². The summed E-state index contributed by atoms with van der Waals surface area (Å²) in [5, 5.41) is 0. The second-order valence-corrected chi connectivity index (χ2v) is 2.61. The van der Waals surface area contributed by atoms with Crippen molar-refractivity contribution < 1.29 is 26.7 Å². The standard InChI is InChI=1S/C8H5F5O/c1-4-2-5(9)7(10)6(3-4)14-8(11,12)13/h2-3H,1H3. The van der Waals surface area contributed by atoms with Crippen LogP contribution in [0.5, 0.6) is 5.75 Å². The molecule has 0 heterocycles. The molecular weight excluding hydrogens is 207 g/mol. The maximum absolute atomic E-state index is 12.7. The Morgan fingerprint density at radius 3 is 2.21 bits per heavy atom. The van der Waals surface area contributed by atoms with Gasteiger partial charge >= 0.3 is 6.36 Å². The zero-order valence-electron chi connectivity index (χ0n) is 6.95. The van der Waals surface area contributed by atoms with Crippen LogP contribution in [-0.2, 0) is 0 Å². The fourth-order valence-corrected chi connectivity index (χ4v) is 0.892. The predicted molar refractivity (Wildman–Crippen MR) is 37.8 cm³/mol. The van der Waals surface area contributed by atoms with E-state index in [0.29, 0.717) is 0 Å². The van der Waals surface area contributed by atoms with Crippen molar-refractivity contribution in [3.8, 4) is 5.75 Å². The van der Waals surface area contributed by atoms with E-state index in [9.17, 15) is 22.0 Å². The number of hydrogen-bond donors (Lipinski definition) is 0. The van der Waals surface area contributed by atoms with E-state index in [2.05, 4.69) is 4.74 Å². The number of alkyl halides is 3. The molecule has 0 fully saturated rings. The molecule has 0 unspecified atom stereocenters. The molecule has 1 aromatic rings. The van der Waals surface area contributed by atoms with Crippen LogP contribution in [0, 0.1) is 18.6 Å². The van der Waals surface area contributed by atoms with Gasteiger partial charge in [0.25, 0.3) is 0 Å². The van der Waals surface area contributed by atoms with Crippen molar-refractivity contribution in [3.05, 3.63) is 29.3 Å². The maximum atomic E-state index is 12.7. The van der Waals surface area contributed by atoms with Crippen molar-refractivity contribution in [1.82, 2.24) is 0 Å². The SMILES string of the molecule is Cc1cc(F)c(F)c(OC(F)(F)F)c1. The second-order valence-electron chi connectivity index (χ2n) is 2.61. The molecule has 1 nitrogen and oxygen atoms in total. The van der Waals surface area contributed by atoms with Gasteiger partial charge < -0.3 is 4.74 Å². The smallest absolute Gasteiger partial charge is 0.403 e. The van der Waals surface area contributed by atoms with Gasteiger partial charge in [-0.05, 0) is 24.6 Å². The number of halogens is 5. The Labute approximate surface area is 76.1 Å². The van der Waals surface area contributed by atoms with Crippen molar-refractivity contribution in [2.45, 2.75) is 13.3 Å². The summed E-state index contributed by atoms with van der Waals surface area (Å²) < 4.78 is 63.6. The fourth-order valence-electron chi connectivity index (χ4n) is 0.892. The minimum atomic E-state index is -5.03. The Balaban J connectivity index is 3.09. The summed E-state index contributed by atoms with van der Waals surface area (Å²) >= 11 is 0. The van der Waals surface area contributed by atoms with E-state index in [0.717, 1.165) is 12.1 Å². The zero-order chi connectivity index (χ0) is 10.9. The third kappa shape index (κ3) is 2.58. The highest BCUT2D eigenvalue weighted by Crippen LogP contribution is 2.27. The third-order valence-electron chi connectivity index (χ3n) is 1.36. The van der Waals surface area contributed by atoms with Gasteiger partial charge in [-0.1, -0.05) is 0 Å². The summed E-state index contributed by atoms with van der Waals surface area (Å²) in [6.45, 7) is 1.33. The van der Waals surface area contributed by atoms with E-state index in [1.807, 2.05) is 0 Å². The van der Waals surface area contributed by atoms with Crippen LogP contribution in [0.4, 0.5) is 22.0 Å². The Kier molecular flexibility index (Phi) is 2.64. The number of benzene rings is 1. The fraction of sp³-hybridized carbons (Fsp3) is 0.250. The van der Waals surface area contributed by atoms with Gasteiger partial charge in [0.1, 0.15) is 0 Å². The van der Waals surface area contributed by atoms with Crippen molar-refractivity contribution >= 4 is 0 Å². The summed E-state index contributed by atoms with van der Waals surface area (Å²) in [6.07, 6.45) is -5.03. The molecule has 0 aromatic heterocycles. The lowest BCUT2D eigenvalue weighted by Gasteiger charge is -2.10. The predicted octanol–water partition coefficient (Wildman–Crippen LogP) is 3.17. The minimum absolute atomic E-state index is 0.142. The quantitative estimate of drug-likeness (QED) is 0.649. The van der Waals surface area contributed by atoms with Gasteiger partial charge in [0.15, 0.2) is 11.6 Å². The van der Waals surface area contributed by atoms with Gasteiger partial charge in [0.05, 0.1) is 0 Å². The Bertz CT molecular complexity index is 344. The average molecular weight is 212 g/mol. The van der Waals surface area contributed by atoms with Crippen molar-refractivity contribution in [1.29, 1.82) is 0 Å². The Hall–Kier alpha value is -1.33. The van der Waals surface area contributed by atoms with Crippen LogP contribution >= 0.6 is 0 Å². The molecule has 1 rings (SSSR count). The Morgan fingerprint density at radius 1 is 1.14 bits per heavy atom. The van der Waals surface area contributed by atoms with E-state index < -0.39 is 23.7 Å². The molecule has 0 saturated carbocycles. The molecule has 1 aromatic carbocycles. The van der Waals surface area contributed by atoms with E-state index in [-0.39, 0.29) is 5.56 Å². The molecule has 0 amide bonds. The number of rotatable bonds is 1. The topological polar surface area (TPSA) is 9.23 Å². The molecule has 0 aliphatic heterocycles. The lowest BCUT2D eigenvalue weighted by molar-refractivity contribution is -0.275. The monoisotopic (exact) mass is 212 g/mol. The molecule has 0 aliphatic carbocycles. The normalized spacial score (nSPS) is 11.6. The minimum Gasteiger partial charge on any atom is -0.403 e. The molecule has 0 radical (unpaired) electrons. The molecule has 0 spiro atoms. The molecule has 0 aliphatic rings. The van der Waals surface area contributed by atoms with E-state index >= 15 is 0 Å². The lowest BCUT2D eigenvalue weighted by atomic mass is 10.2. The number of aryl methyl sites for hydroxylation is 1. The first kappa shape index (κ1) is 10.7. The number of hydrogen-bond acceptors (Lipinski definition) is 1. The van der Waals surface area contributed by atoms with Crippen LogP contribution in [0.15, 0.2) is 12.1 Å². The van der Waals surface area contributed by atoms with E-state index in [4.69, 9.17) is 0 Å². The summed E-state index contributed by atoms with van der Waals surface area (Å²) in [6, 6.07) is 1.55. The number of ether oxygens (including phenoxy) is 1. The van der Waals surface area contributed by atoms with Crippen LogP contribution in [0.25, 0.3) is 0 Å². The first-order valence-corrected chi connectivity index (χ1v) is 3.51. The van der Waals surface area contributed by atoms with Crippen LogP contribution in [0.1, 0.15) is 5.56 Å². The Morgan fingerprint density at radius 2 is 1.71 bits per heavy atom. The molecule has 0 bridgehead atoms. The van der Waals surface area contributed by atoms with Gasteiger partial charge in [0, 0.05) is 0 Å². The lowest BCUT2D eigenvalue weighted by Crippen LogP contribution is -2.18. The van der Waals surface area contributed by atoms with Gasteiger partial charge in [-0.15, -0.1) is 13.2 Å². The average Bonchev–Trinajstić information content (AvgIpc) is 1.96. The van der Waals surface area contributed by atoms with Crippen LogP contribution in [-0.4, -0.2) is 6.36 Å². The van der Waals surface area contributed by atoms with Crippen LogP contribution in [0.3, 0.4) is 0 Å². The van der Waals surface area contributed by atoms with Crippen LogP contribution < -0.4 is 4.74 Å². The molecule has 78 valence electrons. The summed E-state index contributed by atoms with van der Waals surface area (Å²) in [5.41, 5.74) is 0.142. The van der Waals surface area contributed by atoms with E-state index in [1.54, 1.807) is 0 Å². The van der Waals surface area contributed by atoms with Crippen molar-refractivity contribution in [3.63, 3.8) is 0 Å². The van der Waals surface area contributed by atoms with Crippen molar-refractivity contribution in [2.75, 3.05) is 0 Å². The largest absolute Gasteiger partial charge is 0.573 e. The molecule has 0 N–H and O–H groups in total. The molecule has 6 heteroatoms.